The van der Waals surface area contributed by atoms with Crippen LogP contribution in [-0.4, -0.2) is 59.9 Å². The lowest BCUT2D eigenvalue weighted by atomic mass is 10.2. The molecule has 7 nitrogen and oxygen atoms in total. The number of nitrogens with two attached hydrogens (primary N) is 1. The second kappa shape index (κ2) is 8.62. The summed E-state index contributed by atoms with van der Waals surface area (Å²) in [5.74, 6) is -0.0669. The van der Waals surface area contributed by atoms with Crippen molar-refractivity contribution in [3.05, 3.63) is 28.9 Å². The summed E-state index contributed by atoms with van der Waals surface area (Å²) in [7, 11) is 1.45. The van der Waals surface area contributed by atoms with E-state index in [2.05, 4.69) is 9.88 Å². The number of rotatable bonds is 5. The zero-order valence-corrected chi connectivity index (χ0v) is 16.1. The van der Waals surface area contributed by atoms with Crippen molar-refractivity contribution in [2.24, 2.45) is 5.73 Å². The standard InChI is InChI=1S/C17H22ClN5O2.ClH/c1-22(17(19)20)16(24)13-10-11-12(18)4-5-14(15(11)21-13)25-9-8-23-6-2-3-7-23;/h4-5,10,21H,2-3,6-9H2,1H3,(H3,19,20);1H. The van der Waals surface area contributed by atoms with Gasteiger partial charge in [0.25, 0.3) is 5.91 Å². The first-order valence-electron chi connectivity index (χ1n) is 8.26. The Morgan fingerprint density at radius 1 is 1.42 bits per heavy atom. The highest BCUT2D eigenvalue weighted by atomic mass is 35.5. The molecule has 2 heterocycles. The number of nitrogens with zero attached hydrogens (tertiary/aromatic N) is 2. The number of fused-ring (bicyclic) bond motifs is 1. The Labute approximate surface area is 163 Å². The molecule has 26 heavy (non-hydrogen) atoms. The van der Waals surface area contributed by atoms with Crippen LogP contribution < -0.4 is 10.5 Å². The number of ether oxygens (including phenoxy) is 1. The van der Waals surface area contributed by atoms with Gasteiger partial charge in [0, 0.05) is 19.0 Å². The minimum absolute atomic E-state index is 0. The molecule has 142 valence electrons. The Hall–Kier alpha value is -1.96. The fourth-order valence-corrected chi connectivity index (χ4v) is 3.19. The molecule has 0 unspecified atom stereocenters. The van der Waals surface area contributed by atoms with Crippen LogP contribution in [0, 0.1) is 5.41 Å². The first-order valence-corrected chi connectivity index (χ1v) is 8.63. The molecule has 9 heteroatoms. The van der Waals surface area contributed by atoms with Crippen LogP contribution in [0.5, 0.6) is 5.75 Å². The summed E-state index contributed by atoms with van der Waals surface area (Å²) in [5.41, 5.74) is 6.36. The van der Waals surface area contributed by atoms with Crippen LogP contribution in [0.25, 0.3) is 10.9 Å². The van der Waals surface area contributed by atoms with Gasteiger partial charge in [-0.2, -0.15) is 0 Å². The molecule has 1 fully saturated rings. The number of aromatic amines is 1. The number of carbonyl (C=O) groups excluding carboxylic acids is 1. The van der Waals surface area contributed by atoms with Gasteiger partial charge in [0.1, 0.15) is 18.1 Å². The Morgan fingerprint density at radius 2 is 2.12 bits per heavy atom. The van der Waals surface area contributed by atoms with Crippen LogP contribution in [-0.2, 0) is 0 Å². The predicted octanol–water partition coefficient (Wildman–Crippen LogP) is 2.68. The number of guanidine groups is 1. The van der Waals surface area contributed by atoms with Gasteiger partial charge < -0.3 is 15.5 Å². The number of hydrogen-bond donors (Lipinski definition) is 3. The van der Waals surface area contributed by atoms with Crippen molar-refractivity contribution in [1.29, 1.82) is 5.41 Å². The first-order chi connectivity index (χ1) is 12.0. The van der Waals surface area contributed by atoms with Crippen LogP contribution >= 0.6 is 24.0 Å². The lowest BCUT2D eigenvalue weighted by Crippen LogP contribution is -2.38. The van der Waals surface area contributed by atoms with E-state index in [1.54, 1.807) is 18.2 Å². The van der Waals surface area contributed by atoms with Crippen LogP contribution in [0.1, 0.15) is 23.3 Å². The van der Waals surface area contributed by atoms with E-state index in [0.717, 1.165) is 24.5 Å². The first kappa shape index (κ1) is 20.4. The van der Waals surface area contributed by atoms with Gasteiger partial charge in [0.05, 0.1) is 10.5 Å². The molecule has 2 aromatic rings. The van der Waals surface area contributed by atoms with Crippen molar-refractivity contribution in [2.45, 2.75) is 12.8 Å². The van der Waals surface area contributed by atoms with Gasteiger partial charge >= 0.3 is 0 Å². The molecule has 0 atom stereocenters. The predicted molar refractivity (Wildman–Crippen MR) is 106 cm³/mol. The van der Waals surface area contributed by atoms with E-state index in [0.29, 0.717) is 34.0 Å². The van der Waals surface area contributed by atoms with Gasteiger partial charge in [-0.3, -0.25) is 20.0 Å². The molecular formula is C17H23Cl2N5O2. The number of amides is 1. The fourth-order valence-electron chi connectivity index (χ4n) is 2.98. The molecule has 1 saturated heterocycles. The number of carbonyl (C=O) groups is 1. The lowest BCUT2D eigenvalue weighted by Gasteiger charge is -2.15. The maximum atomic E-state index is 12.3. The number of nitrogens with one attached hydrogen (secondary N) is 2. The molecule has 1 aliphatic heterocycles. The van der Waals surface area contributed by atoms with Crippen LogP contribution in [0.15, 0.2) is 18.2 Å². The molecule has 1 amide bonds. The second-order valence-corrected chi connectivity index (χ2v) is 6.57. The zero-order valence-electron chi connectivity index (χ0n) is 14.5. The Kier molecular flexibility index (Phi) is 6.75. The molecular weight excluding hydrogens is 377 g/mol. The lowest BCUT2D eigenvalue weighted by molar-refractivity contribution is 0.0864. The topological polar surface area (TPSA) is 98.4 Å². The summed E-state index contributed by atoms with van der Waals surface area (Å²) >= 11 is 6.25. The second-order valence-electron chi connectivity index (χ2n) is 6.16. The normalized spacial score (nSPS) is 14.2. The maximum absolute atomic E-state index is 12.3. The SMILES string of the molecule is CN(C(=N)N)C(=O)c1cc2c(Cl)ccc(OCCN3CCCC3)c2[nH]1.Cl. The van der Waals surface area contributed by atoms with E-state index in [9.17, 15) is 4.79 Å². The van der Waals surface area contributed by atoms with Crippen molar-refractivity contribution in [3.63, 3.8) is 0 Å². The Morgan fingerprint density at radius 3 is 2.77 bits per heavy atom. The van der Waals surface area contributed by atoms with E-state index in [1.165, 1.54) is 19.9 Å². The third-order valence-corrected chi connectivity index (χ3v) is 4.79. The van der Waals surface area contributed by atoms with Crippen molar-refractivity contribution >= 4 is 46.8 Å². The molecule has 0 bridgehead atoms. The maximum Gasteiger partial charge on any atom is 0.276 e. The summed E-state index contributed by atoms with van der Waals surface area (Å²) in [4.78, 5) is 18.8. The number of aromatic nitrogens is 1. The van der Waals surface area contributed by atoms with Gasteiger partial charge in [-0.15, -0.1) is 12.4 Å². The number of halogens is 2. The molecule has 1 aromatic heterocycles. The van der Waals surface area contributed by atoms with Crippen molar-refractivity contribution in [1.82, 2.24) is 14.8 Å². The third kappa shape index (κ3) is 4.23. The third-order valence-electron chi connectivity index (χ3n) is 4.46. The highest BCUT2D eigenvalue weighted by molar-refractivity contribution is 6.35. The van der Waals surface area contributed by atoms with Crippen molar-refractivity contribution in [2.75, 3.05) is 33.3 Å². The van der Waals surface area contributed by atoms with Crippen molar-refractivity contribution in [3.8, 4) is 5.75 Å². The molecule has 1 aromatic carbocycles. The molecule has 0 spiro atoms. The average Bonchev–Trinajstić information content (AvgIpc) is 3.25. The molecule has 0 radical (unpaired) electrons. The Balaban J connectivity index is 0.00000243. The summed E-state index contributed by atoms with van der Waals surface area (Å²) in [5, 5.41) is 8.62. The van der Waals surface area contributed by atoms with E-state index >= 15 is 0 Å². The quantitative estimate of drug-likeness (QED) is 0.531. The summed E-state index contributed by atoms with van der Waals surface area (Å²) in [6.45, 7) is 3.70. The van der Waals surface area contributed by atoms with Crippen LogP contribution in [0.2, 0.25) is 5.02 Å². The van der Waals surface area contributed by atoms with E-state index < -0.39 is 5.91 Å². The smallest absolute Gasteiger partial charge is 0.276 e. The summed E-state index contributed by atoms with van der Waals surface area (Å²) in [6, 6.07) is 5.22. The monoisotopic (exact) mass is 399 g/mol. The minimum Gasteiger partial charge on any atom is -0.490 e. The van der Waals surface area contributed by atoms with Crippen LogP contribution in [0.3, 0.4) is 0 Å². The average molecular weight is 400 g/mol. The Bertz CT molecular complexity index is 802. The number of hydrogen-bond acceptors (Lipinski definition) is 4. The molecule has 3 rings (SSSR count). The summed E-state index contributed by atoms with van der Waals surface area (Å²) in [6.07, 6.45) is 2.49. The number of benzene rings is 1. The largest absolute Gasteiger partial charge is 0.490 e. The fraction of sp³-hybridized carbons (Fsp3) is 0.412. The minimum atomic E-state index is -0.400. The van der Waals surface area contributed by atoms with Gasteiger partial charge in [-0.25, -0.2) is 0 Å². The van der Waals surface area contributed by atoms with Gasteiger partial charge in [0.2, 0.25) is 0 Å². The van der Waals surface area contributed by atoms with E-state index in [4.69, 9.17) is 27.5 Å². The van der Waals surface area contributed by atoms with Gasteiger partial charge in [0.15, 0.2) is 5.96 Å². The number of likely N-dealkylation sites (tertiary alicyclic amines) is 1. The van der Waals surface area contributed by atoms with Crippen molar-refractivity contribution < 1.29 is 9.53 Å². The molecule has 4 N–H and O–H groups in total. The highest BCUT2D eigenvalue weighted by Gasteiger charge is 2.19. The van der Waals surface area contributed by atoms with E-state index in [-0.39, 0.29) is 18.4 Å². The van der Waals surface area contributed by atoms with Gasteiger partial charge in [-0.05, 0) is 44.1 Å². The zero-order chi connectivity index (χ0) is 18.0. The molecule has 0 saturated carbocycles. The molecule has 1 aliphatic rings. The van der Waals surface area contributed by atoms with Gasteiger partial charge in [-0.1, -0.05) is 11.6 Å². The number of H-pyrrole nitrogens is 1. The molecule has 0 aliphatic carbocycles. The van der Waals surface area contributed by atoms with E-state index in [1.807, 2.05) is 0 Å². The van der Waals surface area contributed by atoms with Crippen LogP contribution in [0.4, 0.5) is 0 Å². The summed E-state index contributed by atoms with van der Waals surface area (Å²) < 4.78 is 5.91. The highest BCUT2D eigenvalue weighted by Crippen LogP contribution is 2.32.